The van der Waals surface area contributed by atoms with Gasteiger partial charge in [-0.1, -0.05) is 0 Å². The van der Waals surface area contributed by atoms with Crippen molar-refractivity contribution < 1.29 is 13.2 Å². The third-order valence-electron chi connectivity index (χ3n) is 4.89. The largest absolute Gasteiger partial charge is 0.370 e. The quantitative estimate of drug-likeness (QED) is 0.351. The van der Waals surface area contributed by atoms with Crippen molar-refractivity contribution in [2.45, 2.75) is 25.9 Å². The summed E-state index contributed by atoms with van der Waals surface area (Å²) in [5, 5.41) is 7.57. The van der Waals surface area contributed by atoms with Gasteiger partial charge in [0.05, 0.1) is 25.1 Å². The molecule has 1 aliphatic heterocycles. The maximum Gasteiger partial charge on any atom is 0.194 e. The Labute approximate surface area is 178 Å². The molecule has 1 saturated heterocycles. The van der Waals surface area contributed by atoms with Crippen LogP contribution in [0.4, 0.5) is 0 Å². The average Bonchev–Trinajstić information content (AvgIpc) is 3.18. The second-order valence-electron chi connectivity index (χ2n) is 7.49. The third kappa shape index (κ3) is 6.31. The van der Waals surface area contributed by atoms with Gasteiger partial charge < -0.3 is 15.0 Å². The second-order valence-corrected chi connectivity index (χ2v) is 9.63. The number of nitrogens with zero attached hydrogens (tertiary/aromatic N) is 4. The van der Waals surface area contributed by atoms with Crippen LogP contribution in [0.25, 0.3) is 0 Å². The number of rotatable bonds is 6. The summed E-state index contributed by atoms with van der Waals surface area (Å²) in [5.74, 6) is 1.06. The number of aliphatic imine (C=N–C) groups is 1. The number of guanidine groups is 1. The number of hydrogen-bond acceptors (Lipinski definition) is 5. The van der Waals surface area contributed by atoms with E-state index in [1.807, 2.05) is 26.4 Å². The standard InChI is InChI=1S/C17H29N5O3S.HI/c1-4-18-16(19-12-17(5-6-17)13-26(3,23)24)22-7-8-25-15(11-22)14-9-20-21(2)10-14;/h9-10,15H,4-8,11-13H2,1-3H3,(H,18,19);1H. The number of halogens is 1. The molecule has 27 heavy (non-hydrogen) atoms. The van der Waals surface area contributed by atoms with Crippen LogP contribution in [0.2, 0.25) is 0 Å². The Balaban J connectivity index is 0.00000261. The van der Waals surface area contributed by atoms with Crippen LogP contribution in [0, 0.1) is 5.41 Å². The summed E-state index contributed by atoms with van der Waals surface area (Å²) < 4.78 is 31.0. The van der Waals surface area contributed by atoms with E-state index in [0.29, 0.717) is 19.7 Å². The first-order valence-electron chi connectivity index (χ1n) is 9.11. The first kappa shape index (κ1) is 22.4. The number of morpholine rings is 1. The van der Waals surface area contributed by atoms with E-state index < -0.39 is 9.84 Å². The Hall–Kier alpha value is -0.880. The van der Waals surface area contributed by atoms with Crippen LogP contribution in [0.3, 0.4) is 0 Å². The Bertz CT molecular complexity index is 760. The van der Waals surface area contributed by atoms with E-state index in [2.05, 4.69) is 15.3 Å². The Morgan fingerprint density at radius 3 is 2.78 bits per heavy atom. The van der Waals surface area contributed by atoms with Gasteiger partial charge in [-0.2, -0.15) is 5.10 Å². The first-order valence-corrected chi connectivity index (χ1v) is 11.2. The van der Waals surface area contributed by atoms with Crippen LogP contribution in [0.1, 0.15) is 31.4 Å². The summed E-state index contributed by atoms with van der Waals surface area (Å²) in [6.45, 7) is 5.46. The lowest BCUT2D eigenvalue weighted by atomic mass is 10.1. The molecular formula is C17H30IN5O3S. The van der Waals surface area contributed by atoms with Crippen molar-refractivity contribution in [1.82, 2.24) is 20.0 Å². The fourth-order valence-electron chi connectivity index (χ4n) is 3.40. The van der Waals surface area contributed by atoms with Crippen LogP contribution in [-0.2, 0) is 21.6 Å². The first-order chi connectivity index (χ1) is 12.3. The summed E-state index contributed by atoms with van der Waals surface area (Å²) in [5.41, 5.74) is 0.896. The highest BCUT2D eigenvalue weighted by Gasteiger charge is 2.45. The third-order valence-corrected chi connectivity index (χ3v) is 6.02. The highest BCUT2D eigenvalue weighted by atomic mass is 127. The number of sulfone groups is 1. The monoisotopic (exact) mass is 511 g/mol. The maximum absolute atomic E-state index is 11.7. The fraction of sp³-hybridized carbons (Fsp3) is 0.765. The van der Waals surface area contributed by atoms with Crippen LogP contribution < -0.4 is 5.32 Å². The van der Waals surface area contributed by atoms with E-state index >= 15 is 0 Å². The number of aryl methyl sites for hydroxylation is 1. The van der Waals surface area contributed by atoms with Crippen LogP contribution >= 0.6 is 24.0 Å². The lowest BCUT2D eigenvalue weighted by Crippen LogP contribution is -2.48. The highest BCUT2D eigenvalue weighted by molar-refractivity contribution is 14.0. The van der Waals surface area contributed by atoms with E-state index in [4.69, 9.17) is 9.73 Å². The topological polar surface area (TPSA) is 88.8 Å². The minimum absolute atomic E-state index is 0. The molecule has 0 spiro atoms. The molecule has 1 aliphatic carbocycles. The molecule has 1 atom stereocenters. The van der Waals surface area contributed by atoms with Crippen molar-refractivity contribution in [2.24, 2.45) is 17.5 Å². The number of ether oxygens (including phenoxy) is 1. The number of aromatic nitrogens is 2. The number of nitrogens with one attached hydrogen (secondary N) is 1. The molecule has 0 radical (unpaired) electrons. The van der Waals surface area contributed by atoms with Gasteiger partial charge >= 0.3 is 0 Å². The smallest absolute Gasteiger partial charge is 0.194 e. The molecule has 3 rings (SSSR count). The molecule has 0 aromatic carbocycles. The lowest BCUT2D eigenvalue weighted by Gasteiger charge is -2.35. The van der Waals surface area contributed by atoms with Gasteiger partial charge in [0.15, 0.2) is 5.96 Å². The van der Waals surface area contributed by atoms with E-state index in [9.17, 15) is 8.42 Å². The van der Waals surface area contributed by atoms with Crippen LogP contribution in [0.15, 0.2) is 17.4 Å². The van der Waals surface area contributed by atoms with Crippen molar-refractivity contribution in [3.05, 3.63) is 18.0 Å². The number of hydrogen-bond donors (Lipinski definition) is 1. The van der Waals surface area contributed by atoms with Gasteiger partial charge in [-0.05, 0) is 19.8 Å². The van der Waals surface area contributed by atoms with E-state index in [1.54, 1.807) is 4.68 Å². The maximum atomic E-state index is 11.7. The lowest BCUT2D eigenvalue weighted by molar-refractivity contribution is -0.00806. The normalized spacial score (nSPS) is 22.3. The molecular weight excluding hydrogens is 481 g/mol. The molecule has 8 nitrogen and oxygen atoms in total. The molecule has 0 bridgehead atoms. The summed E-state index contributed by atoms with van der Waals surface area (Å²) >= 11 is 0. The summed E-state index contributed by atoms with van der Waals surface area (Å²) in [4.78, 5) is 6.98. The zero-order valence-corrected chi connectivity index (χ0v) is 19.4. The van der Waals surface area contributed by atoms with Gasteiger partial charge in [0.2, 0.25) is 0 Å². The van der Waals surface area contributed by atoms with Gasteiger partial charge in [-0.3, -0.25) is 9.67 Å². The van der Waals surface area contributed by atoms with Gasteiger partial charge in [-0.25, -0.2) is 8.42 Å². The Morgan fingerprint density at radius 2 is 2.22 bits per heavy atom. The van der Waals surface area contributed by atoms with E-state index in [-0.39, 0.29) is 41.2 Å². The Kier molecular flexibility index (Phi) is 7.54. The predicted octanol–water partition coefficient (Wildman–Crippen LogP) is 1.20. The molecule has 2 heterocycles. The van der Waals surface area contributed by atoms with Crippen molar-refractivity contribution in [1.29, 1.82) is 0 Å². The molecule has 1 N–H and O–H groups in total. The van der Waals surface area contributed by atoms with Gasteiger partial charge in [-0.15, -0.1) is 24.0 Å². The molecule has 10 heteroatoms. The molecule has 0 amide bonds. The van der Waals surface area contributed by atoms with Gasteiger partial charge in [0, 0.05) is 50.1 Å². The predicted molar refractivity (Wildman–Crippen MR) is 116 cm³/mol. The molecule has 154 valence electrons. The molecule has 1 aromatic heterocycles. The molecule has 1 saturated carbocycles. The molecule has 1 unspecified atom stereocenters. The van der Waals surface area contributed by atoms with Crippen molar-refractivity contribution in [3.8, 4) is 0 Å². The zero-order valence-electron chi connectivity index (χ0n) is 16.2. The van der Waals surface area contributed by atoms with Crippen molar-refractivity contribution >= 4 is 39.8 Å². The van der Waals surface area contributed by atoms with Crippen molar-refractivity contribution in [3.63, 3.8) is 0 Å². The molecule has 1 aromatic rings. The fourth-order valence-corrected chi connectivity index (χ4v) is 4.89. The van der Waals surface area contributed by atoms with Gasteiger partial charge in [0.25, 0.3) is 0 Å². The second kappa shape index (κ2) is 9.08. The summed E-state index contributed by atoms with van der Waals surface area (Å²) in [7, 11) is -1.08. The summed E-state index contributed by atoms with van der Waals surface area (Å²) in [6, 6.07) is 0. The SMILES string of the molecule is CCNC(=NCC1(CS(C)(=O)=O)CC1)N1CCOC(c2cnn(C)c2)C1.I. The van der Waals surface area contributed by atoms with Crippen LogP contribution in [-0.4, -0.2) is 73.9 Å². The highest BCUT2D eigenvalue weighted by Crippen LogP contribution is 2.47. The average molecular weight is 511 g/mol. The minimum Gasteiger partial charge on any atom is -0.370 e. The van der Waals surface area contributed by atoms with Crippen molar-refractivity contribution in [2.75, 3.05) is 44.8 Å². The molecule has 2 fully saturated rings. The van der Waals surface area contributed by atoms with E-state index in [1.165, 1.54) is 6.26 Å². The van der Waals surface area contributed by atoms with E-state index in [0.717, 1.165) is 37.5 Å². The van der Waals surface area contributed by atoms with Gasteiger partial charge in [0.1, 0.15) is 15.9 Å². The van der Waals surface area contributed by atoms with Crippen LogP contribution in [0.5, 0.6) is 0 Å². The Morgan fingerprint density at radius 1 is 1.48 bits per heavy atom. The molecule has 2 aliphatic rings. The summed E-state index contributed by atoms with van der Waals surface area (Å²) in [6.07, 6.45) is 6.96. The minimum atomic E-state index is -2.98. The zero-order chi connectivity index (χ0) is 18.8.